The summed E-state index contributed by atoms with van der Waals surface area (Å²) in [7, 11) is 0. The van der Waals surface area contributed by atoms with Crippen LogP contribution in [0, 0.1) is 0 Å². The van der Waals surface area contributed by atoms with Crippen molar-refractivity contribution in [2.24, 2.45) is 0 Å². The maximum absolute atomic E-state index is 12.0. The summed E-state index contributed by atoms with van der Waals surface area (Å²) < 4.78 is 5.11. The molecule has 1 aromatic carbocycles. The number of ether oxygens (including phenoxy) is 1. The molecule has 0 spiro atoms. The molecule has 0 aromatic heterocycles. The van der Waals surface area contributed by atoms with Gasteiger partial charge in [-0.2, -0.15) is 0 Å². The van der Waals surface area contributed by atoms with E-state index in [4.69, 9.17) is 4.74 Å². The third-order valence-electron chi connectivity index (χ3n) is 2.47. The molecule has 0 saturated carbocycles. The van der Waals surface area contributed by atoms with E-state index in [9.17, 15) is 9.59 Å². The van der Waals surface area contributed by atoms with Crippen LogP contribution in [0.15, 0.2) is 24.3 Å². The van der Waals surface area contributed by atoms with E-state index in [1.165, 1.54) is 0 Å². The molecule has 0 atom stereocenters. The van der Waals surface area contributed by atoms with E-state index in [1.54, 1.807) is 29.2 Å². The molecule has 1 rings (SSSR count). The van der Waals surface area contributed by atoms with E-state index < -0.39 is 0 Å². The predicted octanol–water partition coefficient (Wildman–Crippen LogP) is 1.75. The van der Waals surface area contributed by atoms with Crippen molar-refractivity contribution < 1.29 is 14.3 Å². The number of rotatable bonds is 6. The zero-order chi connectivity index (χ0) is 12.7. The molecular weight excluding hydrogens is 218 g/mol. The van der Waals surface area contributed by atoms with Crippen molar-refractivity contribution >= 4 is 12.2 Å². The van der Waals surface area contributed by atoms with Crippen LogP contribution in [-0.2, 0) is 4.79 Å². The van der Waals surface area contributed by atoms with E-state index in [0.717, 1.165) is 0 Å². The van der Waals surface area contributed by atoms with E-state index in [1.807, 2.05) is 13.8 Å². The first-order chi connectivity index (χ1) is 8.22. The Bertz CT molecular complexity index is 369. The van der Waals surface area contributed by atoms with Crippen molar-refractivity contribution in [3.63, 3.8) is 0 Å². The number of carbonyl (C=O) groups is 2. The quantitative estimate of drug-likeness (QED) is 0.706. The number of benzene rings is 1. The van der Waals surface area contributed by atoms with Gasteiger partial charge in [0.05, 0.1) is 0 Å². The third kappa shape index (κ3) is 3.59. The SMILES string of the molecule is CCN(CC)C(=O)c1ccc(OCC=O)cc1. The minimum atomic E-state index is 0.0111. The van der Waals surface area contributed by atoms with Gasteiger partial charge in [-0.1, -0.05) is 0 Å². The molecule has 0 aliphatic carbocycles. The fourth-order valence-electron chi connectivity index (χ4n) is 1.52. The van der Waals surface area contributed by atoms with Gasteiger partial charge in [-0.3, -0.25) is 9.59 Å². The Labute approximate surface area is 101 Å². The van der Waals surface area contributed by atoms with Gasteiger partial charge in [0.25, 0.3) is 5.91 Å². The Morgan fingerprint density at radius 3 is 2.29 bits per heavy atom. The fraction of sp³-hybridized carbons (Fsp3) is 0.385. The van der Waals surface area contributed by atoms with Gasteiger partial charge in [0.1, 0.15) is 12.4 Å². The predicted molar refractivity (Wildman–Crippen MR) is 65.3 cm³/mol. The summed E-state index contributed by atoms with van der Waals surface area (Å²) in [5, 5.41) is 0. The number of nitrogens with zero attached hydrogens (tertiary/aromatic N) is 1. The van der Waals surface area contributed by atoms with Crippen molar-refractivity contribution in [3.8, 4) is 5.75 Å². The van der Waals surface area contributed by atoms with Crippen molar-refractivity contribution in [2.75, 3.05) is 19.7 Å². The summed E-state index contributed by atoms with van der Waals surface area (Å²) in [6.07, 6.45) is 0.689. The molecule has 0 aliphatic rings. The fourth-order valence-corrected chi connectivity index (χ4v) is 1.52. The molecule has 92 valence electrons. The molecule has 0 heterocycles. The average molecular weight is 235 g/mol. The van der Waals surface area contributed by atoms with Gasteiger partial charge in [0.15, 0.2) is 6.29 Å². The molecule has 4 nitrogen and oxygen atoms in total. The minimum absolute atomic E-state index is 0.0111. The molecule has 17 heavy (non-hydrogen) atoms. The number of amides is 1. The van der Waals surface area contributed by atoms with Gasteiger partial charge in [-0.15, -0.1) is 0 Å². The second kappa shape index (κ2) is 6.68. The zero-order valence-electron chi connectivity index (χ0n) is 10.2. The van der Waals surface area contributed by atoms with Crippen molar-refractivity contribution in [1.29, 1.82) is 0 Å². The molecule has 1 aromatic rings. The Balaban J connectivity index is 2.72. The normalized spacial score (nSPS) is 9.76. The monoisotopic (exact) mass is 235 g/mol. The van der Waals surface area contributed by atoms with E-state index in [2.05, 4.69) is 0 Å². The molecule has 0 radical (unpaired) electrons. The van der Waals surface area contributed by atoms with E-state index >= 15 is 0 Å². The molecule has 0 aliphatic heterocycles. The summed E-state index contributed by atoms with van der Waals surface area (Å²) in [6, 6.07) is 6.81. The highest BCUT2D eigenvalue weighted by atomic mass is 16.5. The standard InChI is InChI=1S/C13H17NO3/c1-3-14(4-2)13(16)11-5-7-12(8-6-11)17-10-9-15/h5-9H,3-4,10H2,1-2H3. The highest BCUT2D eigenvalue weighted by Gasteiger charge is 2.11. The zero-order valence-corrected chi connectivity index (χ0v) is 10.2. The molecule has 0 fully saturated rings. The maximum Gasteiger partial charge on any atom is 0.253 e. The van der Waals surface area contributed by atoms with Gasteiger partial charge < -0.3 is 9.64 Å². The lowest BCUT2D eigenvalue weighted by Gasteiger charge is -2.18. The van der Waals surface area contributed by atoms with E-state index in [-0.39, 0.29) is 12.5 Å². The lowest BCUT2D eigenvalue weighted by Crippen LogP contribution is -2.30. The topological polar surface area (TPSA) is 46.6 Å². The molecule has 4 heteroatoms. The summed E-state index contributed by atoms with van der Waals surface area (Å²) in [5.74, 6) is 0.602. The first kappa shape index (κ1) is 13.2. The number of aldehydes is 1. The van der Waals surface area contributed by atoms with Crippen LogP contribution in [-0.4, -0.2) is 36.8 Å². The summed E-state index contributed by atoms with van der Waals surface area (Å²) in [5.41, 5.74) is 0.632. The summed E-state index contributed by atoms with van der Waals surface area (Å²) >= 11 is 0. The van der Waals surface area contributed by atoms with Crippen LogP contribution in [0.1, 0.15) is 24.2 Å². The summed E-state index contributed by atoms with van der Waals surface area (Å²) in [4.78, 5) is 23.8. The summed E-state index contributed by atoms with van der Waals surface area (Å²) in [6.45, 7) is 5.31. The molecule has 1 amide bonds. The Kier molecular flexibility index (Phi) is 5.20. The van der Waals surface area contributed by atoms with Crippen molar-refractivity contribution in [2.45, 2.75) is 13.8 Å². The lowest BCUT2D eigenvalue weighted by atomic mass is 10.2. The third-order valence-corrected chi connectivity index (χ3v) is 2.47. The van der Waals surface area contributed by atoms with Crippen LogP contribution in [0.3, 0.4) is 0 Å². The highest BCUT2D eigenvalue weighted by Crippen LogP contribution is 2.13. The molecule has 0 N–H and O–H groups in total. The molecule has 0 unspecified atom stereocenters. The van der Waals surface area contributed by atoms with Crippen LogP contribution >= 0.6 is 0 Å². The first-order valence-corrected chi connectivity index (χ1v) is 5.68. The van der Waals surface area contributed by atoms with Crippen LogP contribution in [0.5, 0.6) is 5.75 Å². The van der Waals surface area contributed by atoms with Gasteiger partial charge in [0.2, 0.25) is 0 Å². The number of carbonyl (C=O) groups excluding carboxylic acids is 2. The Morgan fingerprint density at radius 2 is 1.82 bits per heavy atom. The van der Waals surface area contributed by atoms with E-state index in [0.29, 0.717) is 30.7 Å². The van der Waals surface area contributed by atoms with Crippen molar-refractivity contribution in [1.82, 2.24) is 4.90 Å². The Hall–Kier alpha value is -1.84. The Morgan fingerprint density at radius 1 is 1.24 bits per heavy atom. The second-order valence-corrected chi connectivity index (χ2v) is 3.48. The van der Waals surface area contributed by atoms with Gasteiger partial charge in [0, 0.05) is 18.7 Å². The average Bonchev–Trinajstić information content (AvgIpc) is 2.38. The molecular formula is C13H17NO3. The molecule has 0 bridgehead atoms. The number of hydrogen-bond acceptors (Lipinski definition) is 3. The second-order valence-electron chi connectivity index (χ2n) is 3.48. The van der Waals surface area contributed by atoms with Crippen LogP contribution in [0.2, 0.25) is 0 Å². The van der Waals surface area contributed by atoms with Gasteiger partial charge in [-0.05, 0) is 38.1 Å². The van der Waals surface area contributed by atoms with Crippen molar-refractivity contribution in [3.05, 3.63) is 29.8 Å². The first-order valence-electron chi connectivity index (χ1n) is 5.68. The van der Waals surface area contributed by atoms with Gasteiger partial charge >= 0.3 is 0 Å². The minimum Gasteiger partial charge on any atom is -0.486 e. The number of hydrogen-bond donors (Lipinski definition) is 0. The van der Waals surface area contributed by atoms with Crippen LogP contribution < -0.4 is 4.74 Å². The van der Waals surface area contributed by atoms with Gasteiger partial charge in [-0.25, -0.2) is 0 Å². The lowest BCUT2D eigenvalue weighted by molar-refractivity contribution is -0.109. The molecule has 0 saturated heterocycles. The van der Waals surface area contributed by atoms with Crippen LogP contribution in [0.4, 0.5) is 0 Å². The smallest absolute Gasteiger partial charge is 0.253 e. The highest BCUT2D eigenvalue weighted by molar-refractivity contribution is 5.94. The largest absolute Gasteiger partial charge is 0.486 e. The maximum atomic E-state index is 12.0. The van der Waals surface area contributed by atoms with Crippen LogP contribution in [0.25, 0.3) is 0 Å².